The van der Waals surface area contributed by atoms with E-state index in [1.165, 1.54) is 17.4 Å². The number of ether oxygens (including phenoxy) is 1. The average Bonchev–Trinajstić information content (AvgIpc) is 3.38. The Balaban J connectivity index is 1.47. The maximum atomic E-state index is 14.3. The molecule has 4 N–H and O–H groups in total. The molecule has 1 atom stereocenters. The van der Waals surface area contributed by atoms with Gasteiger partial charge in [0.05, 0.1) is 33.3 Å². The lowest BCUT2D eigenvalue weighted by Crippen LogP contribution is -2.32. The number of halogens is 2. The Morgan fingerprint density at radius 1 is 1.33 bits per heavy atom. The molecular weight excluding hydrogens is 465 g/mol. The number of aromatic nitrogens is 1. The minimum absolute atomic E-state index is 0.192. The summed E-state index contributed by atoms with van der Waals surface area (Å²) in [4.78, 5) is 18.7. The molecule has 33 heavy (non-hydrogen) atoms. The van der Waals surface area contributed by atoms with Crippen molar-refractivity contribution in [3.05, 3.63) is 56.8 Å². The van der Waals surface area contributed by atoms with Crippen molar-refractivity contribution in [3.8, 4) is 5.75 Å². The number of rotatable bonds is 4. The van der Waals surface area contributed by atoms with Gasteiger partial charge in [-0.15, -0.1) is 11.3 Å². The molecule has 1 unspecified atom stereocenters. The van der Waals surface area contributed by atoms with E-state index in [9.17, 15) is 9.18 Å². The molecule has 3 aromatic rings. The van der Waals surface area contributed by atoms with Crippen molar-refractivity contribution in [2.75, 3.05) is 21.3 Å². The first-order valence-electron chi connectivity index (χ1n) is 10.5. The molecule has 2 aromatic carbocycles. The number of amides is 1. The number of nitrogens with zero attached hydrogens (tertiary/aromatic N) is 1. The maximum Gasteiger partial charge on any atom is 0.261 e. The van der Waals surface area contributed by atoms with E-state index in [-0.39, 0.29) is 16.6 Å². The van der Waals surface area contributed by atoms with Gasteiger partial charge in [-0.1, -0.05) is 17.7 Å². The summed E-state index contributed by atoms with van der Waals surface area (Å²) in [6, 6.07) is 6.26. The van der Waals surface area contributed by atoms with Crippen LogP contribution >= 0.6 is 22.9 Å². The predicted octanol–water partition coefficient (Wildman–Crippen LogP) is 5.75. The van der Waals surface area contributed by atoms with E-state index in [1.54, 1.807) is 18.2 Å². The van der Waals surface area contributed by atoms with Crippen LogP contribution in [0.5, 0.6) is 5.75 Å². The zero-order valence-electron chi connectivity index (χ0n) is 18.5. The summed E-state index contributed by atoms with van der Waals surface area (Å²) < 4.78 is 20.5. The van der Waals surface area contributed by atoms with Gasteiger partial charge in [-0.2, -0.15) is 0 Å². The quantitative estimate of drug-likeness (QED) is 0.375. The predicted molar refractivity (Wildman–Crippen MR) is 130 cm³/mol. The first kappa shape index (κ1) is 21.8. The van der Waals surface area contributed by atoms with Crippen LogP contribution in [0.1, 0.15) is 40.3 Å². The molecule has 7 nitrogen and oxygen atoms in total. The van der Waals surface area contributed by atoms with Gasteiger partial charge in [0.1, 0.15) is 17.2 Å². The maximum absolute atomic E-state index is 14.3. The molecular formula is C23H23ClFN5O2S. The number of benzene rings is 2. The smallest absolute Gasteiger partial charge is 0.261 e. The van der Waals surface area contributed by atoms with E-state index in [1.807, 2.05) is 27.7 Å². The second-order valence-electron chi connectivity index (χ2n) is 8.77. The lowest BCUT2D eigenvalue weighted by Gasteiger charge is -2.18. The first-order valence-corrected chi connectivity index (χ1v) is 11.7. The van der Waals surface area contributed by atoms with E-state index in [4.69, 9.17) is 16.3 Å². The average molecular weight is 488 g/mol. The summed E-state index contributed by atoms with van der Waals surface area (Å²) in [6.45, 7) is 7.83. The van der Waals surface area contributed by atoms with Gasteiger partial charge in [0.2, 0.25) is 0 Å². The third-order valence-electron chi connectivity index (χ3n) is 5.69. The summed E-state index contributed by atoms with van der Waals surface area (Å²) >= 11 is 7.60. The number of para-hydroxylation sites is 1. The van der Waals surface area contributed by atoms with Gasteiger partial charge < -0.3 is 20.7 Å². The minimum Gasteiger partial charge on any atom is -0.486 e. The molecule has 0 aliphatic carbocycles. The van der Waals surface area contributed by atoms with Crippen LogP contribution in [0.15, 0.2) is 24.3 Å². The SMILES string of the molecule is Cc1nc(NC(=O)c2cc3c(c4c2OC(C)(C)C4)NC(Nc2c(F)cccc2Cl)N3)sc1C. The number of thiazole rings is 1. The van der Waals surface area contributed by atoms with E-state index >= 15 is 0 Å². The van der Waals surface area contributed by atoms with Gasteiger partial charge in [-0.3, -0.25) is 10.1 Å². The topological polar surface area (TPSA) is 87.3 Å². The van der Waals surface area contributed by atoms with Crippen LogP contribution < -0.4 is 26.0 Å². The van der Waals surface area contributed by atoms with Crippen molar-refractivity contribution >= 4 is 51.0 Å². The summed E-state index contributed by atoms with van der Waals surface area (Å²) in [6.07, 6.45) is 0.0908. The lowest BCUT2D eigenvalue weighted by atomic mass is 9.97. The first-order chi connectivity index (χ1) is 15.6. The second kappa shape index (κ2) is 7.78. The largest absolute Gasteiger partial charge is 0.486 e. The van der Waals surface area contributed by atoms with Crippen molar-refractivity contribution in [2.24, 2.45) is 0 Å². The highest BCUT2D eigenvalue weighted by Gasteiger charge is 2.39. The number of hydrogen-bond acceptors (Lipinski definition) is 7. The third-order valence-corrected chi connectivity index (χ3v) is 7.00. The number of carbonyl (C=O) groups is 1. The fourth-order valence-electron chi connectivity index (χ4n) is 4.07. The van der Waals surface area contributed by atoms with Gasteiger partial charge in [0, 0.05) is 16.9 Å². The minimum atomic E-state index is -0.523. The monoisotopic (exact) mass is 487 g/mol. The number of aryl methyl sites for hydroxylation is 2. The molecule has 1 amide bonds. The van der Waals surface area contributed by atoms with Crippen LogP contribution in [0.2, 0.25) is 5.02 Å². The third kappa shape index (κ3) is 3.95. The standard InChI is InChI=1S/C23H23ClFN5O2S/c1-10-11(2)33-22(26-10)30-20(31)12-8-16-17(13-9-23(3,4)32-19(12)13)28-21(27-16)29-18-14(24)6-5-7-15(18)25/h5-8,21,27-29H,9H2,1-4H3,(H,26,30,31). The Kier molecular flexibility index (Phi) is 5.13. The number of fused-ring (bicyclic) bond motifs is 3. The zero-order valence-corrected chi connectivity index (χ0v) is 20.1. The van der Waals surface area contributed by atoms with Crippen LogP contribution in [-0.4, -0.2) is 22.8 Å². The second-order valence-corrected chi connectivity index (χ2v) is 10.4. The highest BCUT2D eigenvalue weighted by atomic mass is 35.5. The molecule has 3 heterocycles. The fraction of sp³-hybridized carbons (Fsp3) is 0.304. The van der Waals surface area contributed by atoms with Gasteiger partial charge in [-0.05, 0) is 45.9 Å². The molecule has 1 aromatic heterocycles. The molecule has 10 heteroatoms. The molecule has 5 rings (SSSR count). The molecule has 0 saturated carbocycles. The molecule has 172 valence electrons. The van der Waals surface area contributed by atoms with Gasteiger partial charge in [0.15, 0.2) is 11.4 Å². The molecule has 0 radical (unpaired) electrons. The summed E-state index contributed by atoms with van der Waals surface area (Å²) in [5, 5.41) is 13.4. The van der Waals surface area contributed by atoms with Crippen molar-refractivity contribution in [1.82, 2.24) is 4.98 Å². The van der Waals surface area contributed by atoms with E-state index in [2.05, 4.69) is 26.3 Å². The van der Waals surface area contributed by atoms with Crippen molar-refractivity contribution in [1.29, 1.82) is 0 Å². The summed E-state index contributed by atoms with van der Waals surface area (Å²) in [5.41, 5.74) is 3.46. The van der Waals surface area contributed by atoms with Gasteiger partial charge >= 0.3 is 0 Å². The van der Waals surface area contributed by atoms with Crippen LogP contribution in [0.25, 0.3) is 0 Å². The Hall–Kier alpha value is -3.04. The summed E-state index contributed by atoms with van der Waals surface area (Å²) in [5.74, 6) is -0.207. The molecule has 0 fully saturated rings. The lowest BCUT2D eigenvalue weighted by molar-refractivity contribution is 0.101. The number of nitrogens with one attached hydrogen (secondary N) is 4. The number of carbonyl (C=O) groups excluding carboxylic acids is 1. The number of hydrogen-bond donors (Lipinski definition) is 4. The molecule has 0 saturated heterocycles. The van der Waals surface area contributed by atoms with Gasteiger partial charge in [-0.25, -0.2) is 9.37 Å². The van der Waals surface area contributed by atoms with Crippen LogP contribution in [0.4, 0.5) is 26.6 Å². The number of anilines is 4. The Labute approximate surface area is 199 Å². The molecule has 2 aliphatic heterocycles. The zero-order chi connectivity index (χ0) is 23.5. The van der Waals surface area contributed by atoms with Crippen molar-refractivity contribution in [2.45, 2.75) is 46.0 Å². The highest BCUT2D eigenvalue weighted by molar-refractivity contribution is 7.15. The summed E-state index contributed by atoms with van der Waals surface area (Å²) in [7, 11) is 0. The Morgan fingerprint density at radius 2 is 2.12 bits per heavy atom. The van der Waals surface area contributed by atoms with Crippen LogP contribution in [0.3, 0.4) is 0 Å². The Bertz CT molecular complexity index is 1250. The molecule has 0 spiro atoms. The molecule has 0 bridgehead atoms. The van der Waals surface area contributed by atoms with E-state index in [0.29, 0.717) is 22.9 Å². The highest BCUT2D eigenvalue weighted by Crippen LogP contribution is 2.48. The molecule has 2 aliphatic rings. The van der Waals surface area contributed by atoms with Gasteiger partial charge in [0.25, 0.3) is 5.91 Å². The fourth-order valence-corrected chi connectivity index (χ4v) is 5.10. The van der Waals surface area contributed by atoms with E-state index in [0.717, 1.165) is 27.5 Å². The van der Waals surface area contributed by atoms with Crippen LogP contribution in [-0.2, 0) is 6.42 Å². The van der Waals surface area contributed by atoms with Crippen molar-refractivity contribution in [3.63, 3.8) is 0 Å². The Morgan fingerprint density at radius 3 is 2.82 bits per heavy atom. The van der Waals surface area contributed by atoms with Crippen LogP contribution in [0, 0.1) is 19.7 Å². The van der Waals surface area contributed by atoms with E-state index < -0.39 is 17.7 Å². The van der Waals surface area contributed by atoms with Crippen molar-refractivity contribution < 1.29 is 13.9 Å². The normalized spacial score (nSPS) is 17.5.